The Labute approximate surface area is 129 Å². The molecule has 0 spiro atoms. The molecule has 0 aliphatic carbocycles. The first-order valence-corrected chi connectivity index (χ1v) is 7.21. The fourth-order valence-corrected chi connectivity index (χ4v) is 2.76. The van der Waals surface area contributed by atoms with Gasteiger partial charge in [0.2, 0.25) is 5.91 Å². The van der Waals surface area contributed by atoms with Gasteiger partial charge in [-0.05, 0) is 54.8 Å². The lowest BCUT2D eigenvalue weighted by Crippen LogP contribution is -2.26. The van der Waals surface area contributed by atoms with Gasteiger partial charge in [0.1, 0.15) is 11.9 Å². The van der Waals surface area contributed by atoms with Crippen LogP contribution in [0.3, 0.4) is 0 Å². The van der Waals surface area contributed by atoms with E-state index in [2.05, 4.69) is 5.32 Å². The van der Waals surface area contributed by atoms with Gasteiger partial charge in [0.15, 0.2) is 0 Å². The van der Waals surface area contributed by atoms with Crippen LogP contribution in [-0.4, -0.2) is 18.1 Å². The highest BCUT2D eigenvalue weighted by Gasteiger charge is 2.38. The number of carbonyl (C=O) groups is 1. The van der Waals surface area contributed by atoms with Crippen LogP contribution < -0.4 is 10.1 Å². The summed E-state index contributed by atoms with van der Waals surface area (Å²) >= 11 is 0. The van der Waals surface area contributed by atoms with Crippen LogP contribution in [0, 0.1) is 0 Å². The number of anilines is 1. The van der Waals surface area contributed by atoms with Crippen LogP contribution in [0.1, 0.15) is 36.6 Å². The minimum absolute atomic E-state index is 0.0180. The highest BCUT2D eigenvalue weighted by molar-refractivity contribution is 6.05. The number of carbonyl (C=O) groups excluding carboxylic acids is 1. The molecule has 0 aromatic heterocycles. The van der Waals surface area contributed by atoms with E-state index in [-0.39, 0.29) is 5.91 Å². The Balaban J connectivity index is 2.00. The summed E-state index contributed by atoms with van der Waals surface area (Å²) in [7, 11) is 1.60. The monoisotopic (exact) mass is 297 g/mol. The van der Waals surface area contributed by atoms with Gasteiger partial charge in [0, 0.05) is 5.69 Å². The quantitative estimate of drug-likeness (QED) is 0.915. The lowest BCUT2D eigenvalue weighted by Gasteiger charge is -2.18. The number of nitrogens with one attached hydrogen (secondary N) is 1. The van der Waals surface area contributed by atoms with E-state index in [9.17, 15) is 9.90 Å². The molecule has 0 radical (unpaired) electrons. The van der Waals surface area contributed by atoms with Crippen LogP contribution in [0.2, 0.25) is 0 Å². The average molecular weight is 297 g/mol. The van der Waals surface area contributed by atoms with Crippen molar-refractivity contribution in [1.29, 1.82) is 0 Å². The Kier molecular flexibility index (Phi) is 3.41. The van der Waals surface area contributed by atoms with Gasteiger partial charge in [-0.3, -0.25) is 4.79 Å². The summed E-state index contributed by atoms with van der Waals surface area (Å²) in [5, 5.41) is 13.5. The summed E-state index contributed by atoms with van der Waals surface area (Å²) < 4.78 is 5.20. The number of methoxy groups -OCH3 is 1. The van der Waals surface area contributed by atoms with Gasteiger partial charge in [-0.2, -0.15) is 0 Å². The zero-order chi connectivity index (χ0) is 15.9. The summed E-state index contributed by atoms with van der Waals surface area (Å²) in [6.07, 6.45) is -0.757. The Morgan fingerprint density at radius 2 is 1.86 bits per heavy atom. The van der Waals surface area contributed by atoms with E-state index in [0.717, 1.165) is 22.4 Å². The van der Waals surface area contributed by atoms with E-state index < -0.39 is 11.5 Å². The molecular formula is C18H19NO3. The Morgan fingerprint density at radius 1 is 1.14 bits per heavy atom. The van der Waals surface area contributed by atoms with Crippen molar-refractivity contribution in [1.82, 2.24) is 0 Å². The molecule has 1 amide bonds. The second kappa shape index (κ2) is 5.14. The van der Waals surface area contributed by atoms with Crippen LogP contribution in [0.25, 0.3) is 0 Å². The van der Waals surface area contributed by atoms with Gasteiger partial charge in [-0.15, -0.1) is 0 Å². The molecule has 2 N–H and O–H groups in total. The normalized spacial score (nSPS) is 16.8. The molecule has 1 unspecified atom stereocenters. The van der Waals surface area contributed by atoms with Crippen LogP contribution in [0.5, 0.6) is 5.75 Å². The van der Waals surface area contributed by atoms with Crippen molar-refractivity contribution < 1.29 is 14.6 Å². The Morgan fingerprint density at radius 3 is 2.59 bits per heavy atom. The number of hydrogen-bond acceptors (Lipinski definition) is 3. The molecule has 1 heterocycles. The summed E-state index contributed by atoms with van der Waals surface area (Å²) in [6.45, 7) is 3.77. The summed E-state index contributed by atoms with van der Waals surface area (Å²) in [6, 6.07) is 12.9. The largest absolute Gasteiger partial charge is 0.497 e. The van der Waals surface area contributed by atoms with Crippen molar-refractivity contribution in [3.63, 3.8) is 0 Å². The van der Waals surface area contributed by atoms with E-state index in [1.807, 2.05) is 56.3 Å². The molecule has 3 rings (SSSR count). The fraction of sp³-hybridized carbons (Fsp3) is 0.278. The molecule has 0 saturated heterocycles. The fourth-order valence-electron chi connectivity index (χ4n) is 2.76. The van der Waals surface area contributed by atoms with E-state index in [0.29, 0.717) is 5.75 Å². The van der Waals surface area contributed by atoms with Crippen molar-refractivity contribution >= 4 is 11.6 Å². The topological polar surface area (TPSA) is 58.6 Å². The molecule has 1 aliphatic heterocycles. The van der Waals surface area contributed by atoms with Crippen molar-refractivity contribution in [2.24, 2.45) is 0 Å². The second-order valence-corrected chi connectivity index (χ2v) is 6.06. The molecule has 114 valence electrons. The molecule has 1 aliphatic rings. The predicted molar refractivity (Wildman–Crippen MR) is 85.2 cm³/mol. The van der Waals surface area contributed by atoms with E-state index in [1.165, 1.54) is 0 Å². The molecule has 4 nitrogen and oxygen atoms in total. The molecule has 22 heavy (non-hydrogen) atoms. The molecule has 1 atom stereocenters. The average Bonchev–Trinajstić information content (AvgIpc) is 2.76. The maximum Gasteiger partial charge on any atom is 0.234 e. The minimum atomic E-state index is -0.757. The number of hydrogen-bond donors (Lipinski definition) is 2. The zero-order valence-electron chi connectivity index (χ0n) is 12.9. The molecule has 2 aromatic rings. The molecule has 2 aromatic carbocycles. The van der Waals surface area contributed by atoms with Gasteiger partial charge < -0.3 is 15.2 Å². The van der Waals surface area contributed by atoms with Gasteiger partial charge in [0.25, 0.3) is 0 Å². The van der Waals surface area contributed by atoms with Crippen LogP contribution in [0.15, 0.2) is 42.5 Å². The first kappa shape index (κ1) is 14.6. The van der Waals surface area contributed by atoms with Gasteiger partial charge >= 0.3 is 0 Å². The maximum atomic E-state index is 12.0. The van der Waals surface area contributed by atoms with Gasteiger partial charge in [-0.25, -0.2) is 0 Å². The Bertz CT molecular complexity index is 737. The molecular weight excluding hydrogens is 278 g/mol. The molecule has 0 bridgehead atoms. The number of rotatable bonds is 3. The van der Waals surface area contributed by atoms with Crippen molar-refractivity contribution in [3.8, 4) is 5.75 Å². The van der Waals surface area contributed by atoms with Crippen LogP contribution in [-0.2, 0) is 10.2 Å². The van der Waals surface area contributed by atoms with Gasteiger partial charge in [-0.1, -0.05) is 18.2 Å². The van der Waals surface area contributed by atoms with Gasteiger partial charge in [0.05, 0.1) is 12.5 Å². The lowest BCUT2D eigenvalue weighted by atomic mass is 9.84. The smallest absolute Gasteiger partial charge is 0.234 e. The second-order valence-electron chi connectivity index (χ2n) is 6.06. The number of aliphatic hydroxyl groups is 1. The third-order valence-electron chi connectivity index (χ3n) is 4.26. The van der Waals surface area contributed by atoms with Crippen LogP contribution >= 0.6 is 0 Å². The predicted octanol–water partition coefficient (Wildman–Crippen LogP) is 3.01. The standard InChI is InChI=1S/C18H19NO3/c1-18(2)14-10-12(7-8-15(14)19-17(18)21)16(20)11-5-4-6-13(9-11)22-3/h4-10,16,20H,1-3H3,(H,19,21). The lowest BCUT2D eigenvalue weighted by molar-refractivity contribution is -0.119. The van der Waals surface area contributed by atoms with Crippen LogP contribution in [0.4, 0.5) is 5.69 Å². The zero-order valence-corrected chi connectivity index (χ0v) is 12.9. The number of benzene rings is 2. The molecule has 0 saturated carbocycles. The third-order valence-corrected chi connectivity index (χ3v) is 4.26. The highest BCUT2D eigenvalue weighted by Crippen LogP contribution is 2.39. The summed E-state index contributed by atoms with van der Waals surface area (Å²) in [5.74, 6) is 0.686. The first-order valence-electron chi connectivity index (χ1n) is 7.21. The van der Waals surface area contributed by atoms with Crippen molar-refractivity contribution in [3.05, 3.63) is 59.2 Å². The maximum absolute atomic E-state index is 12.0. The van der Waals surface area contributed by atoms with Crippen molar-refractivity contribution in [2.45, 2.75) is 25.4 Å². The summed E-state index contributed by atoms with van der Waals surface area (Å²) in [4.78, 5) is 12.0. The number of fused-ring (bicyclic) bond motifs is 1. The number of amides is 1. The molecule has 0 fully saturated rings. The molecule has 4 heteroatoms. The van der Waals surface area contributed by atoms with E-state index in [4.69, 9.17) is 4.74 Å². The summed E-state index contributed by atoms with van der Waals surface area (Å²) in [5.41, 5.74) is 2.67. The van der Waals surface area contributed by atoms with E-state index >= 15 is 0 Å². The van der Waals surface area contributed by atoms with E-state index in [1.54, 1.807) is 7.11 Å². The number of aliphatic hydroxyl groups excluding tert-OH is 1. The number of ether oxygens (including phenoxy) is 1. The first-order chi connectivity index (χ1) is 10.4. The third kappa shape index (κ3) is 2.25. The Hall–Kier alpha value is -2.33. The SMILES string of the molecule is COc1cccc(C(O)c2ccc3c(c2)C(C)(C)C(=O)N3)c1. The minimum Gasteiger partial charge on any atom is -0.497 e. The van der Waals surface area contributed by atoms with Crippen molar-refractivity contribution in [2.75, 3.05) is 12.4 Å². The highest BCUT2D eigenvalue weighted by atomic mass is 16.5.